The Bertz CT molecular complexity index is 38.8. The first-order valence-electron chi connectivity index (χ1n) is 0.769. The van der Waals surface area contributed by atoms with Gasteiger partial charge in [0.05, 0.1) is 0 Å². The van der Waals surface area contributed by atoms with Crippen LogP contribution >= 0.6 is 0 Å². The molecule has 0 radical (unpaired) electrons. The van der Waals surface area contributed by atoms with Gasteiger partial charge in [0, 0.05) is 0 Å². The van der Waals surface area contributed by atoms with Crippen molar-refractivity contribution in [3.05, 3.63) is 10.1 Å². The molecule has 6 heavy (non-hydrogen) atoms. The number of rotatable bonds is 0. The maximum absolute atomic E-state index is 8.39. The zero-order valence-corrected chi connectivity index (χ0v) is 6.21. The summed E-state index contributed by atoms with van der Waals surface area (Å²) in [5, 5.41) is 13.6. The standard InChI is InChI=1S/Hf.HNO3.O/c;2-1(3)4;/h;(H,2,3,4);. The third-order valence-electron chi connectivity index (χ3n) is 0. The fourth-order valence-electron chi connectivity index (χ4n) is 0. The molecule has 0 aromatic rings. The molecule has 0 rings (SSSR count). The Morgan fingerprint density at radius 3 is 1.67 bits per heavy atom. The van der Waals surface area contributed by atoms with Gasteiger partial charge in [-0.1, -0.05) is 0 Å². The zero-order chi connectivity index (χ0) is 5.58. The quantitative estimate of drug-likeness (QED) is 0.361. The fourth-order valence-corrected chi connectivity index (χ4v) is 0. The maximum atomic E-state index is 8.39. The minimum atomic E-state index is -1.50. The van der Waals surface area contributed by atoms with Gasteiger partial charge in [0.1, 0.15) is 0 Å². The van der Waals surface area contributed by atoms with Gasteiger partial charge in [0.15, 0.2) is 0 Å². The van der Waals surface area contributed by atoms with Crippen LogP contribution < -0.4 is 0 Å². The summed E-state index contributed by atoms with van der Waals surface area (Å²) in [5.41, 5.74) is 0. The summed E-state index contributed by atoms with van der Waals surface area (Å²) >= 11 is 0.0556. The molecular weight excluding hydrogens is 256 g/mol. The summed E-state index contributed by atoms with van der Waals surface area (Å²) < 4.78 is 8.39. The monoisotopic (exact) mass is 259 g/mol. The van der Waals surface area contributed by atoms with E-state index in [1.54, 1.807) is 0 Å². The average Bonchev–Trinajstić information content (AvgIpc) is 1.41. The SMILES string of the molecule is O=[N+]([O-])O.[O]=[Hf]. The van der Waals surface area contributed by atoms with Crippen molar-refractivity contribution in [3.63, 3.8) is 0 Å². The van der Waals surface area contributed by atoms with Gasteiger partial charge in [-0.25, -0.2) is 0 Å². The van der Waals surface area contributed by atoms with Crippen molar-refractivity contribution in [2.45, 2.75) is 0 Å². The van der Waals surface area contributed by atoms with Crippen molar-refractivity contribution in [1.29, 1.82) is 0 Å². The Hall–Kier alpha value is -0.130. The van der Waals surface area contributed by atoms with Gasteiger partial charge in [0.25, 0.3) is 5.09 Å². The Morgan fingerprint density at radius 2 is 1.67 bits per heavy atom. The second kappa shape index (κ2) is 8.85. The van der Waals surface area contributed by atoms with Crippen LogP contribution in [0.2, 0.25) is 0 Å². The van der Waals surface area contributed by atoms with Crippen LogP contribution in [0.25, 0.3) is 0 Å². The van der Waals surface area contributed by atoms with E-state index in [4.69, 9.17) is 18.2 Å². The van der Waals surface area contributed by atoms with Crippen LogP contribution in [-0.2, 0) is 27.2 Å². The molecule has 1 N–H and O–H groups in total. The van der Waals surface area contributed by atoms with Crippen molar-refractivity contribution in [2.24, 2.45) is 0 Å². The molecule has 0 heterocycles. The van der Waals surface area contributed by atoms with Crippen molar-refractivity contribution in [2.75, 3.05) is 0 Å². The molecule has 5 nitrogen and oxygen atoms in total. The molecule has 0 spiro atoms. The normalized spacial score (nSPS) is 4.50. The summed E-state index contributed by atoms with van der Waals surface area (Å²) in [4.78, 5) is 8.36. The van der Waals surface area contributed by atoms with Crippen molar-refractivity contribution in [3.8, 4) is 0 Å². The van der Waals surface area contributed by atoms with E-state index < -0.39 is 5.09 Å². The third kappa shape index (κ3) is 1890. The summed E-state index contributed by atoms with van der Waals surface area (Å²) in [6.07, 6.45) is 0. The first kappa shape index (κ1) is 9.30. The minimum absolute atomic E-state index is 0.0556. The molecule has 0 saturated heterocycles. The molecule has 0 amide bonds. The van der Waals surface area contributed by atoms with Gasteiger partial charge < -0.3 is 5.21 Å². The first-order valence-corrected chi connectivity index (χ1v) is 2.24. The van der Waals surface area contributed by atoms with Gasteiger partial charge in [0.2, 0.25) is 0 Å². The van der Waals surface area contributed by atoms with E-state index in [9.17, 15) is 0 Å². The Morgan fingerprint density at radius 1 is 1.67 bits per heavy atom. The van der Waals surface area contributed by atoms with Crippen LogP contribution in [0.1, 0.15) is 0 Å². The average molecular weight is 258 g/mol. The van der Waals surface area contributed by atoms with E-state index in [-0.39, 0.29) is 24.4 Å². The second-order valence-corrected chi connectivity index (χ2v) is 0.238. The van der Waals surface area contributed by atoms with Crippen LogP contribution in [0.4, 0.5) is 0 Å². The second-order valence-electron chi connectivity index (χ2n) is 0.238. The Balaban J connectivity index is 0. The van der Waals surface area contributed by atoms with Crippen LogP contribution in [-0.4, -0.2) is 10.3 Å². The molecule has 0 bridgehead atoms. The molecule has 0 fully saturated rings. The first-order chi connectivity index (χ1) is 2.73. The van der Waals surface area contributed by atoms with E-state index in [1.807, 2.05) is 0 Å². The third-order valence-corrected chi connectivity index (χ3v) is 0. The number of hydrogen-bond acceptors (Lipinski definition) is 3. The van der Waals surface area contributed by atoms with Crippen LogP contribution in [0.3, 0.4) is 0 Å². The molecule has 0 unspecified atom stereocenters. The molecule has 0 aliphatic carbocycles. The van der Waals surface area contributed by atoms with E-state index in [2.05, 4.69) is 0 Å². The molecule has 34 valence electrons. The summed E-state index contributed by atoms with van der Waals surface area (Å²) in [7, 11) is 0. The van der Waals surface area contributed by atoms with Crippen LogP contribution in [0.15, 0.2) is 0 Å². The molecule has 0 atom stereocenters. The van der Waals surface area contributed by atoms with Crippen molar-refractivity contribution < 1.29 is 37.5 Å². The van der Waals surface area contributed by atoms with Gasteiger partial charge in [-0.3, -0.25) is 0 Å². The molecular formula is HHfNO4. The molecule has 0 aliphatic rings. The number of nitrogens with zero attached hydrogens (tertiary/aromatic N) is 1. The molecule has 0 aliphatic heterocycles. The Labute approximate surface area is 48.1 Å². The molecule has 0 saturated carbocycles. The zero-order valence-electron chi connectivity index (χ0n) is 2.62. The van der Waals surface area contributed by atoms with Crippen LogP contribution in [0, 0.1) is 10.1 Å². The van der Waals surface area contributed by atoms with E-state index in [1.165, 1.54) is 0 Å². The number of hydrogen-bond donors (Lipinski definition) is 1. The predicted molar refractivity (Wildman–Crippen MR) is 9.47 cm³/mol. The van der Waals surface area contributed by atoms with Gasteiger partial charge >= 0.3 is 27.2 Å². The summed E-state index contributed by atoms with van der Waals surface area (Å²) in [6, 6.07) is 0. The van der Waals surface area contributed by atoms with Gasteiger partial charge in [-0.15, -0.1) is 10.1 Å². The van der Waals surface area contributed by atoms with E-state index in [0.717, 1.165) is 0 Å². The van der Waals surface area contributed by atoms with Gasteiger partial charge in [-0.05, 0) is 0 Å². The van der Waals surface area contributed by atoms with Crippen molar-refractivity contribution in [1.82, 2.24) is 0 Å². The van der Waals surface area contributed by atoms with Crippen molar-refractivity contribution >= 4 is 0 Å². The molecule has 6 heteroatoms. The van der Waals surface area contributed by atoms with E-state index >= 15 is 0 Å². The van der Waals surface area contributed by atoms with Crippen LogP contribution in [0.5, 0.6) is 0 Å². The summed E-state index contributed by atoms with van der Waals surface area (Å²) in [6.45, 7) is 0. The van der Waals surface area contributed by atoms with E-state index in [0.29, 0.717) is 0 Å². The summed E-state index contributed by atoms with van der Waals surface area (Å²) in [5.74, 6) is 0. The fraction of sp³-hybridized carbons (Fsp3) is 0. The molecule has 0 aromatic heterocycles. The molecule has 0 aromatic carbocycles. The Kier molecular flexibility index (Phi) is 13.7. The van der Waals surface area contributed by atoms with Gasteiger partial charge in [-0.2, -0.15) is 0 Å². The topological polar surface area (TPSA) is 80.4 Å². The predicted octanol–water partition coefficient (Wildman–Crippen LogP) is -0.469.